The monoisotopic (exact) mass is 346 g/mol. The largest absolute Gasteiger partial charge is 0.481 e. The van der Waals surface area contributed by atoms with Crippen LogP contribution in [-0.2, 0) is 4.79 Å². The lowest BCUT2D eigenvalue weighted by Gasteiger charge is -2.41. The van der Waals surface area contributed by atoms with Crippen molar-refractivity contribution < 1.29 is 14.3 Å². The van der Waals surface area contributed by atoms with E-state index >= 15 is 0 Å². The van der Waals surface area contributed by atoms with Crippen molar-refractivity contribution >= 4 is 12.0 Å². The molecule has 1 aromatic rings. The van der Waals surface area contributed by atoms with Gasteiger partial charge in [-0.15, -0.1) is 0 Å². The minimum Gasteiger partial charge on any atom is -0.481 e. The molecule has 1 atom stereocenters. The highest BCUT2D eigenvalue weighted by Crippen LogP contribution is 2.24. The average molecular weight is 346 g/mol. The van der Waals surface area contributed by atoms with Crippen LogP contribution in [0, 0.1) is 11.7 Å². The van der Waals surface area contributed by atoms with E-state index < -0.39 is 5.97 Å². The number of nitrogens with zero attached hydrogens (tertiary/aromatic N) is 2. The predicted molar refractivity (Wildman–Crippen MR) is 96.8 cm³/mol. The van der Waals surface area contributed by atoms with Crippen molar-refractivity contribution in [3.8, 4) is 0 Å². The van der Waals surface area contributed by atoms with Crippen molar-refractivity contribution in [2.45, 2.75) is 31.7 Å². The van der Waals surface area contributed by atoms with E-state index in [9.17, 15) is 14.3 Å². The lowest BCUT2D eigenvalue weighted by molar-refractivity contribution is -0.144. The highest BCUT2D eigenvalue weighted by molar-refractivity contribution is 5.70. The fourth-order valence-electron chi connectivity index (χ4n) is 3.92. The van der Waals surface area contributed by atoms with Gasteiger partial charge in [0.25, 0.3) is 0 Å². The topological polar surface area (TPSA) is 43.8 Å². The fourth-order valence-corrected chi connectivity index (χ4v) is 3.92. The molecule has 1 N–H and O–H groups in total. The van der Waals surface area contributed by atoms with Crippen molar-refractivity contribution in [1.29, 1.82) is 0 Å². The lowest BCUT2D eigenvalue weighted by Crippen LogP contribution is -2.49. The normalized spacial score (nSPS) is 24.0. The number of carbonyl (C=O) groups is 1. The third-order valence-electron chi connectivity index (χ3n) is 5.42. The number of carboxylic acid groups (broad SMARTS) is 1. The molecule has 0 unspecified atom stereocenters. The molecule has 0 saturated carbocycles. The Bertz CT molecular complexity index is 594. The summed E-state index contributed by atoms with van der Waals surface area (Å²) >= 11 is 0. The molecule has 0 spiro atoms. The minimum absolute atomic E-state index is 0.189. The van der Waals surface area contributed by atoms with Gasteiger partial charge in [-0.2, -0.15) is 0 Å². The maximum Gasteiger partial charge on any atom is 0.307 e. The first kappa shape index (κ1) is 18.1. The maximum absolute atomic E-state index is 12.9. The van der Waals surface area contributed by atoms with Crippen LogP contribution in [0.15, 0.2) is 30.3 Å². The van der Waals surface area contributed by atoms with Crippen LogP contribution in [0.5, 0.6) is 0 Å². The molecule has 2 aliphatic heterocycles. The first-order valence-electron chi connectivity index (χ1n) is 9.23. The smallest absolute Gasteiger partial charge is 0.307 e. The molecular formula is C20H27FN2O2. The first-order valence-corrected chi connectivity index (χ1v) is 9.23. The van der Waals surface area contributed by atoms with Gasteiger partial charge in [0, 0.05) is 19.1 Å². The molecule has 2 heterocycles. The van der Waals surface area contributed by atoms with E-state index in [-0.39, 0.29) is 11.7 Å². The highest BCUT2D eigenvalue weighted by atomic mass is 19.1. The summed E-state index contributed by atoms with van der Waals surface area (Å²) < 4.78 is 12.9. The second-order valence-electron chi connectivity index (χ2n) is 7.16. The zero-order valence-electron chi connectivity index (χ0n) is 14.6. The third-order valence-corrected chi connectivity index (χ3v) is 5.42. The Labute approximate surface area is 148 Å². The molecular weight excluding hydrogens is 319 g/mol. The summed E-state index contributed by atoms with van der Waals surface area (Å²) in [6.45, 7) is 4.75. The SMILES string of the molecule is O=C(O)[C@H]1CCCN(C2CCN(C/C=C/c3ccc(F)cc3)CC2)C1. The summed E-state index contributed by atoms with van der Waals surface area (Å²) in [5.74, 6) is -1.04. The van der Waals surface area contributed by atoms with Gasteiger partial charge in [0.05, 0.1) is 5.92 Å². The Hall–Kier alpha value is -1.72. The summed E-state index contributed by atoms with van der Waals surface area (Å²) in [5, 5.41) is 9.24. The Kier molecular flexibility index (Phi) is 6.21. The molecule has 0 radical (unpaired) electrons. The molecule has 5 heteroatoms. The molecule has 0 aliphatic carbocycles. The Morgan fingerprint density at radius 3 is 2.56 bits per heavy atom. The zero-order valence-corrected chi connectivity index (χ0v) is 14.6. The quantitative estimate of drug-likeness (QED) is 0.890. The molecule has 0 amide bonds. The number of piperidine rings is 2. The predicted octanol–water partition coefficient (Wildman–Crippen LogP) is 3.10. The molecule has 2 fully saturated rings. The molecule has 0 aromatic heterocycles. The third kappa shape index (κ3) is 5.13. The van der Waals surface area contributed by atoms with Crippen LogP contribution in [0.2, 0.25) is 0 Å². The number of rotatable bonds is 5. The van der Waals surface area contributed by atoms with Crippen molar-refractivity contribution in [2.75, 3.05) is 32.7 Å². The first-order chi connectivity index (χ1) is 12.1. The van der Waals surface area contributed by atoms with Crippen molar-refractivity contribution in [1.82, 2.24) is 9.80 Å². The molecule has 136 valence electrons. The summed E-state index contributed by atoms with van der Waals surface area (Å²) in [6, 6.07) is 7.06. The fraction of sp³-hybridized carbons (Fsp3) is 0.550. The van der Waals surface area contributed by atoms with E-state index in [1.54, 1.807) is 12.1 Å². The molecule has 0 bridgehead atoms. The van der Waals surface area contributed by atoms with Gasteiger partial charge in [0.15, 0.2) is 0 Å². The number of benzene rings is 1. The standard InChI is InChI=1S/C20H27FN2O2/c21-18-7-5-16(6-8-18)3-1-11-22-13-9-19(10-14-22)23-12-2-4-17(15-23)20(24)25/h1,3,5-8,17,19H,2,4,9-15H2,(H,24,25)/b3-1+/t17-/m0/s1. The number of hydrogen-bond donors (Lipinski definition) is 1. The molecule has 2 saturated heterocycles. The van der Waals surface area contributed by atoms with Crippen LogP contribution in [0.1, 0.15) is 31.2 Å². The van der Waals surface area contributed by atoms with Crippen LogP contribution in [-0.4, -0.2) is 59.6 Å². The molecule has 4 nitrogen and oxygen atoms in total. The van der Waals surface area contributed by atoms with Gasteiger partial charge in [-0.25, -0.2) is 4.39 Å². The Morgan fingerprint density at radius 2 is 1.88 bits per heavy atom. The second kappa shape index (κ2) is 8.59. The van der Waals surface area contributed by atoms with E-state index in [0.717, 1.165) is 57.4 Å². The second-order valence-corrected chi connectivity index (χ2v) is 7.16. The maximum atomic E-state index is 12.9. The van der Waals surface area contributed by atoms with Crippen molar-refractivity contribution in [2.24, 2.45) is 5.92 Å². The number of halogens is 1. The summed E-state index contributed by atoms with van der Waals surface area (Å²) in [7, 11) is 0. The zero-order chi connectivity index (χ0) is 17.6. The van der Waals surface area contributed by atoms with Crippen LogP contribution in [0.4, 0.5) is 4.39 Å². The summed E-state index contributed by atoms with van der Waals surface area (Å²) in [5.41, 5.74) is 1.02. The van der Waals surface area contributed by atoms with Crippen LogP contribution >= 0.6 is 0 Å². The average Bonchev–Trinajstić information content (AvgIpc) is 2.64. The van der Waals surface area contributed by atoms with Gasteiger partial charge in [-0.05, 0) is 63.0 Å². The molecule has 3 rings (SSSR count). The summed E-state index contributed by atoms with van der Waals surface area (Å²) in [6.07, 6.45) is 8.20. The number of aliphatic carboxylic acids is 1. The highest BCUT2D eigenvalue weighted by Gasteiger charge is 2.31. The lowest BCUT2D eigenvalue weighted by atomic mass is 9.94. The van der Waals surface area contributed by atoms with Gasteiger partial charge in [0.1, 0.15) is 5.82 Å². The van der Waals surface area contributed by atoms with E-state index in [0.29, 0.717) is 12.6 Å². The minimum atomic E-state index is -0.645. The number of carboxylic acids is 1. The van der Waals surface area contributed by atoms with E-state index in [2.05, 4.69) is 15.9 Å². The van der Waals surface area contributed by atoms with Crippen LogP contribution in [0.3, 0.4) is 0 Å². The van der Waals surface area contributed by atoms with Gasteiger partial charge < -0.3 is 5.11 Å². The van der Waals surface area contributed by atoms with Gasteiger partial charge in [-0.1, -0.05) is 24.3 Å². The number of hydrogen-bond acceptors (Lipinski definition) is 3. The summed E-state index contributed by atoms with van der Waals surface area (Å²) in [4.78, 5) is 16.0. The van der Waals surface area contributed by atoms with Gasteiger partial charge in [-0.3, -0.25) is 14.6 Å². The van der Waals surface area contributed by atoms with Gasteiger partial charge >= 0.3 is 5.97 Å². The Morgan fingerprint density at radius 1 is 1.16 bits per heavy atom. The molecule has 25 heavy (non-hydrogen) atoms. The van der Waals surface area contributed by atoms with Crippen LogP contribution < -0.4 is 0 Å². The van der Waals surface area contributed by atoms with Crippen molar-refractivity contribution in [3.63, 3.8) is 0 Å². The molecule has 2 aliphatic rings. The van der Waals surface area contributed by atoms with Crippen molar-refractivity contribution in [3.05, 3.63) is 41.7 Å². The Balaban J connectivity index is 1.42. The van der Waals surface area contributed by atoms with Gasteiger partial charge in [0.2, 0.25) is 0 Å². The van der Waals surface area contributed by atoms with Crippen LogP contribution in [0.25, 0.3) is 6.08 Å². The molecule has 1 aromatic carbocycles. The number of likely N-dealkylation sites (tertiary alicyclic amines) is 2. The van der Waals surface area contributed by atoms with E-state index in [1.165, 1.54) is 12.1 Å². The van der Waals surface area contributed by atoms with E-state index in [4.69, 9.17) is 0 Å². The van der Waals surface area contributed by atoms with E-state index in [1.807, 2.05) is 6.08 Å².